The number of hydrogen-bond donors (Lipinski definition) is 1. The molecular weight excluding hydrogens is 300 g/mol. The lowest BCUT2D eigenvalue weighted by molar-refractivity contribution is 0.238. The highest BCUT2D eigenvalue weighted by molar-refractivity contribution is 7.16. The highest BCUT2D eigenvalue weighted by Gasteiger charge is 2.22. The molecule has 2 heterocycles. The van der Waals surface area contributed by atoms with Gasteiger partial charge in [-0.3, -0.25) is 4.90 Å². The topological polar surface area (TPSA) is 15.3 Å². The molecule has 2 aromatic rings. The standard InChI is InChI=1S/C17H21ClN2S/c18-17-9-8-15(21-17)12-19-13-16(20-10-4-5-11-20)14-6-2-1-3-7-14/h1-3,6-9,16,19H,4-5,10-13H2. The summed E-state index contributed by atoms with van der Waals surface area (Å²) in [5.74, 6) is 0. The fourth-order valence-corrected chi connectivity index (χ4v) is 4.02. The van der Waals surface area contributed by atoms with Crippen LogP contribution in [0.4, 0.5) is 0 Å². The molecule has 3 rings (SSSR count). The van der Waals surface area contributed by atoms with Crippen LogP contribution in [-0.2, 0) is 6.54 Å². The number of benzene rings is 1. The molecule has 1 fully saturated rings. The van der Waals surface area contributed by atoms with Crippen molar-refractivity contribution in [3.63, 3.8) is 0 Å². The van der Waals surface area contributed by atoms with Gasteiger partial charge in [0.2, 0.25) is 0 Å². The first-order valence-electron chi connectivity index (χ1n) is 7.57. The number of likely N-dealkylation sites (tertiary alicyclic amines) is 1. The quantitative estimate of drug-likeness (QED) is 0.852. The Morgan fingerprint density at radius 3 is 2.52 bits per heavy atom. The number of hydrogen-bond acceptors (Lipinski definition) is 3. The van der Waals surface area contributed by atoms with Gasteiger partial charge in [0.05, 0.1) is 4.34 Å². The van der Waals surface area contributed by atoms with Gasteiger partial charge in [0, 0.05) is 24.0 Å². The second-order valence-electron chi connectivity index (χ2n) is 5.51. The van der Waals surface area contributed by atoms with Crippen LogP contribution in [-0.4, -0.2) is 24.5 Å². The maximum atomic E-state index is 5.98. The number of thiophene rings is 1. The Morgan fingerprint density at radius 2 is 1.86 bits per heavy atom. The summed E-state index contributed by atoms with van der Waals surface area (Å²) in [6, 6.07) is 15.4. The van der Waals surface area contributed by atoms with Crippen LogP contribution in [0.5, 0.6) is 0 Å². The summed E-state index contributed by atoms with van der Waals surface area (Å²) in [5.41, 5.74) is 1.41. The zero-order valence-corrected chi connectivity index (χ0v) is 13.7. The van der Waals surface area contributed by atoms with Crippen LogP contribution in [0.1, 0.15) is 29.3 Å². The van der Waals surface area contributed by atoms with E-state index < -0.39 is 0 Å². The zero-order chi connectivity index (χ0) is 14.5. The number of rotatable bonds is 6. The predicted molar refractivity (Wildman–Crippen MR) is 91.0 cm³/mol. The molecule has 1 aromatic carbocycles. The molecule has 0 bridgehead atoms. The van der Waals surface area contributed by atoms with Crippen molar-refractivity contribution < 1.29 is 0 Å². The number of nitrogens with zero attached hydrogens (tertiary/aromatic N) is 1. The Balaban J connectivity index is 1.62. The van der Waals surface area contributed by atoms with Crippen LogP contribution in [0, 0.1) is 0 Å². The molecular formula is C17H21ClN2S. The van der Waals surface area contributed by atoms with E-state index in [4.69, 9.17) is 11.6 Å². The average Bonchev–Trinajstić information content (AvgIpc) is 3.16. The van der Waals surface area contributed by atoms with Gasteiger partial charge in [0.25, 0.3) is 0 Å². The van der Waals surface area contributed by atoms with Crippen molar-refractivity contribution in [1.82, 2.24) is 10.2 Å². The highest BCUT2D eigenvalue weighted by Crippen LogP contribution is 2.25. The van der Waals surface area contributed by atoms with E-state index in [9.17, 15) is 0 Å². The van der Waals surface area contributed by atoms with Gasteiger partial charge >= 0.3 is 0 Å². The molecule has 0 spiro atoms. The Hall–Kier alpha value is -0.870. The first kappa shape index (κ1) is 15.0. The molecule has 2 nitrogen and oxygen atoms in total. The fourth-order valence-electron chi connectivity index (χ4n) is 2.97. The van der Waals surface area contributed by atoms with Gasteiger partial charge in [-0.15, -0.1) is 11.3 Å². The number of nitrogens with one attached hydrogen (secondary N) is 1. The summed E-state index contributed by atoms with van der Waals surface area (Å²) in [6.07, 6.45) is 2.65. The van der Waals surface area contributed by atoms with E-state index in [1.165, 1.54) is 36.4 Å². The lowest BCUT2D eigenvalue weighted by Crippen LogP contribution is -2.33. The molecule has 1 aromatic heterocycles. The SMILES string of the molecule is Clc1ccc(CNCC(c2ccccc2)N2CCCC2)s1. The summed E-state index contributed by atoms with van der Waals surface area (Å²) in [6.45, 7) is 4.31. The minimum Gasteiger partial charge on any atom is -0.310 e. The monoisotopic (exact) mass is 320 g/mol. The van der Waals surface area contributed by atoms with E-state index in [0.717, 1.165) is 17.4 Å². The third-order valence-electron chi connectivity index (χ3n) is 4.03. The van der Waals surface area contributed by atoms with E-state index in [-0.39, 0.29) is 0 Å². The van der Waals surface area contributed by atoms with Gasteiger partial charge in [-0.05, 0) is 43.6 Å². The van der Waals surface area contributed by atoms with E-state index >= 15 is 0 Å². The summed E-state index contributed by atoms with van der Waals surface area (Å²) < 4.78 is 0.867. The minimum absolute atomic E-state index is 0.476. The molecule has 1 aliphatic rings. The van der Waals surface area contributed by atoms with Gasteiger partial charge in [-0.25, -0.2) is 0 Å². The smallest absolute Gasteiger partial charge is 0.0931 e. The van der Waals surface area contributed by atoms with Crippen molar-refractivity contribution in [3.8, 4) is 0 Å². The molecule has 4 heteroatoms. The van der Waals surface area contributed by atoms with Crippen molar-refractivity contribution >= 4 is 22.9 Å². The van der Waals surface area contributed by atoms with Crippen LogP contribution in [0.3, 0.4) is 0 Å². The van der Waals surface area contributed by atoms with E-state index in [2.05, 4.69) is 46.6 Å². The first-order valence-corrected chi connectivity index (χ1v) is 8.76. The fraction of sp³-hybridized carbons (Fsp3) is 0.412. The molecule has 1 saturated heterocycles. The molecule has 1 aliphatic heterocycles. The van der Waals surface area contributed by atoms with E-state index in [1.54, 1.807) is 11.3 Å². The highest BCUT2D eigenvalue weighted by atomic mass is 35.5. The molecule has 0 amide bonds. The summed E-state index contributed by atoms with van der Waals surface area (Å²) >= 11 is 7.64. The molecule has 21 heavy (non-hydrogen) atoms. The third-order valence-corrected chi connectivity index (χ3v) is 5.26. The average molecular weight is 321 g/mol. The van der Waals surface area contributed by atoms with Gasteiger partial charge < -0.3 is 5.32 Å². The Kier molecular flexibility index (Phi) is 5.31. The van der Waals surface area contributed by atoms with Crippen LogP contribution >= 0.6 is 22.9 Å². The van der Waals surface area contributed by atoms with Crippen molar-refractivity contribution in [2.24, 2.45) is 0 Å². The van der Waals surface area contributed by atoms with Crippen LogP contribution < -0.4 is 5.32 Å². The maximum absolute atomic E-state index is 5.98. The van der Waals surface area contributed by atoms with Crippen molar-refractivity contribution in [3.05, 3.63) is 57.2 Å². The summed E-state index contributed by atoms with van der Waals surface area (Å²) in [4.78, 5) is 3.90. The molecule has 1 atom stereocenters. The van der Waals surface area contributed by atoms with Crippen LogP contribution in [0.25, 0.3) is 0 Å². The van der Waals surface area contributed by atoms with Crippen LogP contribution in [0.15, 0.2) is 42.5 Å². The Bertz CT molecular complexity index is 549. The van der Waals surface area contributed by atoms with E-state index in [1.807, 2.05) is 6.07 Å². The summed E-state index contributed by atoms with van der Waals surface area (Å²) in [5, 5.41) is 3.60. The van der Waals surface area contributed by atoms with Crippen molar-refractivity contribution in [2.45, 2.75) is 25.4 Å². The van der Waals surface area contributed by atoms with Gasteiger partial charge in [-0.2, -0.15) is 0 Å². The summed E-state index contributed by atoms with van der Waals surface area (Å²) in [7, 11) is 0. The maximum Gasteiger partial charge on any atom is 0.0931 e. The molecule has 112 valence electrons. The first-order chi connectivity index (χ1) is 10.3. The molecule has 1 unspecified atom stereocenters. The van der Waals surface area contributed by atoms with Crippen molar-refractivity contribution in [2.75, 3.05) is 19.6 Å². The Morgan fingerprint density at radius 1 is 1.10 bits per heavy atom. The predicted octanol–water partition coefficient (Wildman–Crippen LogP) is 4.33. The second kappa shape index (κ2) is 7.41. The molecule has 0 aliphatic carbocycles. The molecule has 1 N–H and O–H groups in total. The number of halogens is 1. The Labute approximate surface area is 135 Å². The van der Waals surface area contributed by atoms with Gasteiger partial charge in [-0.1, -0.05) is 41.9 Å². The second-order valence-corrected chi connectivity index (χ2v) is 7.31. The lowest BCUT2D eigenvalue weighted by atomic mass is 10.1. The zero-order valence-electron chi connectivity index (χ0n) is 12.1. The minimum atomic E-state index is 0.476. The molecule has 0 radical (unpaired) electrons. The van der Waals surface area contributed by atoms with Gasteiger partial charge in [0.15, 0.2) is 0 Å². The van der Waals surface area contributed by atoms with E-state index in [0.29, 0.717) is 6.04 Å². The van der Waals surface area contributed by atoms with Gasteiger partial charge in [0.1, 0.15) is 0 Å². The molecule has 0 saturated carbocycles. The van der Waals surface area contributed by atoms with Crippen molar-refractivity contribution in [1.29, 1.82) is 0 Å². The van der Waals surface area contributed by atoms with Crippen LogP contribution in [0.2, 0.25) is 4.34 Å². The largest absolute Gasteiger partial charge is 0.310 e. The normalized spacial score (nSPS) is 17.2. The lowest BCUT2D eigenvalue weighted by Gasteiger charge is -2.28. The third kappa shape index (κ3) is 4.07.